The van der Waals surface area contributed by atoms with Crippen molar-refractivity contribution in [1.82, 2.24) is 4.90 Å². The number of imide groups is 1. The van der Waals surface area contributed by atoms with Crippen LogP contribution in [0.3, 0.4) is 0 Å². The zero-order valence-corrected chi connectivity index (χ0v) is 13.1. The van der Waals surface area contributed by atoms with Gasteiger partial charge in [-0.2, -0.15) is 0 Å². The number of amides is 2. The number of methoxy groups -OCH3 is 1. The van der Waals surface area contributed by atoms with Crippen LogP contribution in [0.5, 0.6) is 11.5 Å². The van der Waals surface area contributed by atoms with Gasteiger partial charge < -0.3 is 9.47 Å². The van der Waals surface area contributed by atoms with E-state index in [2.05, 4.69) is 5.92 Å². The summed E-state index contributed by atoms with van der Waals surface area (Å²) in [6.45, 7) is 2.39. The molecule has 0 spiro atoms. The maximum Gasteiger partial charge on any atom is 0.294 e. The van der Waals surface area contributed by atoms with Gasteiger partial charge in [-0.15, -0.1) is 6.42 Å². The third kappa shape index (κ3) is 3.26. The highest BCUT2D eigenvalue weighted by Crippen LogP contribution is 2.34. The minimum atomic E-state index is -0.374. The van der Waals surface area contributed by atoms with E-state index in [1.807, 2.05) is 6.92 Å². The van der Waals surface area contributed by atoms with Crippen LogP contribution in [0.25, 0.3) is 6.08 Å². The van der Waals surface area contributed by atoms with E-state index >= 15 is 0 Å². The van der Waals surface area contributed by atoms with E-state index in [1.165, 1.54) is 0 Å². The molecule has 1 aliphatic rings. The first-order valence-corrected chi connectivity index (χ1v) is 7.42. The molecule has 0 aliphatic carbocycles. The summed E-state index contributed by atoms with van der Waals surface area (Å²) in [7, 11) is 1.54. The van der Waals surface area contributed by atoms with Crippen molar-refractivity contribution in [3.63, 3.8) is 0 Å². The Bertz CT molecular complexity index is 675. The Morgan fingerprint density at radius 2 is 2.14 bits per heavy atom. The van der Waals surface area contributed by atoms with Crippen molar-refractivity contribution in [2.24, 2.45) is 0 Å². The van der Waals surface area contributed by atoms with Crippen LogP contribution < -0.4 is 9.47 Å². The summed E-state index contributed by atoms with van der Waals surface area (Å²) in [6, 6.07) is 5.31. The van der Waals surface area contributed by atoms with Gasteiger partial charge in [0.15, 0.2) is 11.5 Å². The molecule has 5 nitrogen and oxygen atoms in total. The zero-order valence-electron chi connectivity index (χ0n) is 12.3. The molecule has 2 rings (SSSR count). The summed E-state index contributed by atoms with van der Waals surface area (Å²) >= 11 is 0.875. The van der Waals surface area contributed by atoms with Gasteiger partial charge in [0, 0.05) is 0 Å². The van der Waals surface area contributed by atoms with Crippen LogP contribution in [-0.2, 0) is 4.79 Å². The molecule has 1 aliphatic heterocycles. The molecular weight excluding hydrogens is 302 g/mol. The number of carbonyl (C=O) groups is 2. The molecule has 1 fully saturated rings. The van der Waals surface area contributed by atoms with Gasteiger partial charge in [-0.3, -0.25) is 14.5 Å². The van der Waals surface area contributed by atoms with Crippen molar-refractivity contribution < 1.29 is 19.1 Å². The molecule has 1 aromatic rings. The normalized spacial score (nSPS) is 16.0. The Hall–Kier alpha value is -2.39. The predicted octanol–water partition coefficient (Wildman–Crippen LogP) is 2.76. The van der Waals surface area contributed by atoms with Crippen LogP contribution in [0.2, 0.25) is 0 Å². The first-order chi connectivity index (χ1) is 10.6. The highest BCUT2D eigenvalue weighted by atomic mass is 32.2. The number of thioether (sulfide) groups is 1. The highest BCUT2D eigenvalue weighted by molar-refractivity contribution is 8.18. The summed E-state index contributed by atoms with van der Waals surface area (Å²) < 4.78 is 10.7. The first kappa shape index (κ1) is 16.0. The number of benzene rings is 1. The van der Waals surface area contributed by atoms with Gasteiger partial charge in [-0.05, 0) is 42.5 Å². The van der Waals surface area contributed by atoms with Gasteiger partial charge in [0.2, 0.25) is 0 Å². The maximum atomic E-state index is 12.1. The Balaban J connectivity index is 2.28. The second-order valence-electron chi connectivity index (χ2n) is 4.32. The quantitative estimate of drug-likeness (QED) is 0.617. The zero-order chi connectivity index (χ0) is 16.1. The topological polar surface area (TPSA) is 55.8 Å². The Labute approximate surface area is 133 Å². The lowest BCUT2D eigenvalue weighted by Crippen LogP contribution is -2.28. The first-order valence-electron chi connectivity index (χ1n) is 6.60. The van der Waals surface area contributed by atoms with Crippen molar-refractivity contribution in [2.75, 3.05) is 20.3 Å². The monoisotopic (exact) mass is 317 g/mol. The third-order valence-electron chi connectivity index (χ3n) is 2.91. The molecule has 0 aromatic heterocycles. The molecule has 0 N–H and O–H groups in total. The van der Waals surface area contributed by atoms with Crippen molar-refractivity contribution in [1.29, 1.82) is 0 Å². The molecule has 114 valence electrons. The molecule has 0 unspecified atom stereocenters. The second kappa shape index (κ2) is 7.05. The summed E-state index contributed by atoms with van der Waals surface area (Å²) in [5, 5.41) is -0.355. The fraction of sp³-hybridized carbons (Fsp3) is 0.250. The molecule has 0 radical (unpaired) electrons. The molecule has 22 heavy (non-hydrogen) atoms. The fourth-order valence-electron chi connectivity index (χ4n) is 1.93. The number of nitrogens with zero attached hydrogens (tertiary/aromatic N) is 1. The molecule has 0 atom stereocenters. The summed E-state index contributed by atoms with van der Waals surface area (Å²) in [6.07, 6.45) is 6.80. The van der Waals surface area contributed by atoms with E-state index in [1.54, 1.807) is 31.4 Å². The lowest BCUT2D eigenvalue weighted by molar-refractivity contribution is -0.122. The van der Waals surface area contributed by atoms with E-state index in [4.69, 9.17) is 15.9 Å². The summed E-state index contributed by atoms with van der Waals surface area (Å²) in [5.74, 6) is 3.12. The third-order valence-corrected chi connectivity index (χ3v) is 3.82. The van der Waals surface area contributed by atoms with Crippen molar-refractivity contribution in [3.05, 3.63) is 28.7 Å². The van der Waals surface area contributed by atoms with Gasteiger partial charge in [0.1, 0.15) is 0 Å². The standard InChI is InChI=1S/C16H15NO4S/c1-4-8-17-15(18)14(22-16(17)19)10-11-6-7-12(21-5-2)13(9-11)20-3/h1,6-7,9-10H,5,8H2,2-3H3. The average Bonchev–Trinajstić information content (AvgIpc) is 2.77. The predicted molar refractivity (Wildman–Crippen MR) is 85.7 cm³/mol. The summed E-state index contributed by atoms with van der Waals surface area (Å²) in [5.41, 5.74) is 0.742. The van der Waals surface area contributed by atoms with Crippen LogP contribution in [-0.4, -0.2) is 36.3 Å². The number of hydrogen-bond donors (Lipinski definition) is 0. The highest BCUT2D eigenvalue weighted by Gasteiger charge is 2.34. The number of rotatable bonds is 5. The molecule has 1 heterocycles. The molecule has 0 bridgehead atoms. The Kier molecular flexibility index (Phi) is 5.12. The minimum absolute atomic E-state index is 0.0192. The van der Waals surface area contributed by atoms with Crippen LogP contribution in [0.1, 0.15) is 12.5 Å². The minimum Gasteiger partial charge on any atom is -0.493 e. The van der Waals surface area contributed by atoms with Crippen LogP contribution >= 0.6 is 11.8 Å². The van der Waals surface area contributed by atoms with E-state index in [9.17, 15) is 9.59 Å². The lowest BCUT2D eigenvalue weighted by atomic mass is 10.2. The number of ether oxygens (including phenoxy) is 2. The van der Waals surface area contributed by atoms with E-state index < -0.39 is 0 Å². The Morgan fingerprint density at radius 1 is 1.36 bits per heavy atom. The van der Waals surface area contributed by atoms with E-state index in [0.717, 1.165) is 22.2 Å². The van der Waals surface area contributed by atoms with Crippen molar-refractivity contribution >= 4 is 29.0 Å². The second-order valence-corrected chi connectivity index (χ2v) is 5.31. The van der Waals surface area contributed by atoms with E-state index in [-0.39, 0.29) is 17.7 Å². The summed E-state index contributed by atoms with van der Waals surface area (Å²) in [4.78, 5) is 25.2. The lowest BCUT2D eigenvalue weighted by Gasteiger charge is -2.09. The van der Waals surface area contributed by atoms with Crippen LogP contribution in [0.4, 0.5) is 4.79 Å². The molecule has 6 heteroatoms. The van der Waals surface area contributed by atoms with Gasteiger partial charge in [-0.25, -0.2) is 0 Å². The number of hydrogen-bond acceptors (Lipinski definition) is 5. The number of terminal acetylenes is 1. The fourth-order valence-corrected chi connectivity index (χ4v) is 2.77. The Morgan fingerprint density at radius 3 is 2.77 bits per heavy atom. The van der Waals surface area contributed by atoms with Crippen molar-refractivity contribution in [2.45, 2.75) is 6.92 Å². The SMILES string of the molecule is C#CCN1C(=O)SC(=Cc2ccc(OCC)c(OC)c2)C1=O. The van der Waals surface area contributed by atoms with Gasteiger partial charge in [0.25, 0.3) is 11.1 Å². The average molecular weight is 317 g/mol. The smallest absolute Gasteiger partial charge is 0.294 e. The molecule has 2 amide bonds. The van der Waals surface area contributed by atoms with Crippen LogP contribution in [0, 0.1) is 12.3 Å². The van der Waals surface area contributed by atoms with Gasteiger partial charge >= 0.3 is 0 Å². The van der Waals surface area contributed by atoms with Crippen molar-refractivity contribution in [3.8, 4) is 23.8 Å². The molecular formula is C16H15NO4S. The maximum absolute atomic E-state index is 12.1. The molecule has 1 saturated heterocycles. The number of carbonyl (C=O) groups excluding carboxylic acids is 2. The van der Waals surface area contributed by atoms with E-state index in [0.29, 0.717) is 23.0 Å². The van der Waals surface area contributed by atoms with Gasteiger partial charge in [-0.1, -0.05) is 12.0 Å². The largest absolute Gasteiger partial charge is 0.493 e. The van der Waals surface area contributed by atoms with Gasteiger partial charge in [0.05, 0.1) is 25.2 Å². The van der Waals surface area contributed by atoms with Crippen LogP contribution in [0.15, 0.2) is 23.1 Å². The molecule has 1 aromatic carbocycles. The molecule has 0 saturated carbocycles.